The van der Waals surface area contributed by atoms with E-state index < -0.39 is 10.0 Å². The zero-order chi connectivity index (χ0) is 14.3. The fourth-order valence-corrected chi connectivity index (χ4v) is 3.29. The molecule has 0 atom stereocenters. The van der Waals surface area contributed by atoms with Crippen molar-refractivity contribution in [1.29, 1.82) is 0 Å². The average Bonchev–Trinajstić information content (AvgIpc) is 2.88. The van der Waals surface area contributed by atoms with Crippen molar-refractivity contribution in [2.24, 2.45) is 0 Å². The van der Waals surface area contributed by atoms with Gasteiger partial charge >= 0.3 is 0 Å². The highest BCUT2D eigenvalue weighted by Crippen LogP contribution is 2.16. The average molecular weight is 287 g/mol. The molecule has 0 aliphatic carbocycles. The van der Waals surface area contributed by atoms with Gasteiger partial charge in [0.25, 0.3) is 0 Å². The van der Waals surface area contributed by atoms with Crippen molar-refractivity contribution < 1.29 is 8.42 Å². The standard InChI is InChI=1S/C13H25N3O2S/c1-4-7-9-16(10-8-5-2)19(17,18)13-11-14-15(6-3)12-13/h11-12H,4-10H2,1-3H3. The van der Waals surface area contributed by atoms with Crippen molar-refractivity contribution in [1.82, 2.24) is 14.1 Å². The van der Waals surface area contributed by atoms with E-state index in [1.807, 2.05) is 6.92 Å². The quantitative estimate of drug-likeness (QED) is 0.701. The van der Waals surface area contributed by atoms with Gasteiger partial charge in [-0.15, -0.1) is 0 Å². The van der Waals surface area contributed by atoms with Crippen LogP contribution in [0.4, 0.5) is 0 Å². The number of aromatic nitrogens is 2. The maximum Gasteiger partial charge on any atom is 0.246 e. The summed E-state index contributed by atoms with van der Waals surface area (Å²) >= 11 is 0. The normalized spacial score (nSPS) is 12.2. The fourth-order valence-electron chi connectivity index (χ4n) is 1.82. The predicted octanol–water partition coefficient (Wildman–Crippen LogP) is 2.49. The van der Waals surface area contributed by atoms with Gasteiger partial charge < -0.3 is 0 Å². The van der Waals surface area contributed by atoms with Gasteiger partial charge in [0, 0.05) is 25.8 Å². The van der Waals surface area contributed by atoms with Crippen molar-refractivity contribution in [3.05, 3.63) is 12.4 Å². The summed E-state index contributed by atoms with van der Waals surface area (Å²) in [5.41, 5.74) is 0. The van der Waals surface area contributed by atoms with Crippen molar-refractivity contribution in [3.63, 3.8) is 0 Å². The maximum atomic E-state index is 12.5. The molecule has 0 N–H and O–H groups in total. The SMILES string of the molecule is CCCCN(CCCC)S(=O)(=O)c1cnn(CC)c1. The number of hydrogen-bond donors (Lipinski definition) is 0. The van der Waals surface area contributed by atoms with E-state index in [2.05, 4.69) is 18.9 Å². The van der Waals surface area contributed by atoms with E-state index in [9.17, 15) is 8.42 Å². The second-order valence-electron chi connectivity index (χ2n) is 4.64. The third-order valence-electron chi connectivity index (χ3n) is 3.09. The predicted molar refractivity (Wildman–Crippen MR) is 76.5 cm³/mol. The number of nitrogens with zero attached hydrogens (tertiary/aromatic N) is 3. The third-order valence-corrected chi connectivity index (χ3v) is 4.94. The molecule has 0 amide bonds. The molecule has 0 fully saturated rings. The molecule has 0 spiro atoms. The molecule has 110 valence electrons. The number of rotatable bonds is 9. The summed E-state index contributed by atoms with van der Waals surface area (Å²) in [5, 5.41) is 4.05. The van der Waals surface area contributed by atoms with Crippen molar-refractivity contribution in [2.45, 2.75) is 57.9 Å². The van der Waals surface area contributed by atoms with Crippen LogP contribution in [0.3, 0.4) is 0 Å². The second kappa shape index (κ2) is 7.65. The van der Waals surface area contributed by atoms with Crippen LogP contribution in [0.2, 0.25) is 0 Å². The Bertz CT molecular complexity index is 460. The summed E-state index contributed by atoms with van der Waals surface area (Å²) in [6, 6.07) is 0. The number of aryl methyl sites for hydroxylation is 1. The van der Waals surface area contributed by atoms with Gasteiger partial charge in [-0.2, -0.15) is 9.40 Å². The Morgan fingerprint density at radius 2 is 1.74 bits per heavy atom. The van der Waals surface area contributed by atoms with Crippen LogP contribution in [0, 0.1) is 0 Å². The molecule has 0 aliphatic rings. The lowest BCUT2D eigenvalue weighted by molar-refractivity contribution is 0.395. The van der Waals surface area contributed by atoms with Crippen LogP contribution < -0.4 is 0 Å². The number of unbranched alkanes of at least 4 members (excludes halogenated alkanes) is 2. The van der Waals surface area contributed by atoms with E-state index in [1.165, 1.54) is 6.20 Å². The first-order valence-corrected chi connectivity index (χ1v) is 8.52. The first kappa shape index (κ1) is 16.2. The Kier molecular flexibility index (Phi) is 6.51. The van der Waals surface area contributed by atoms with Crippen LogP contribution in [-0.4, -0.2) is 35.6 Å². The molecule has 19 heavy (non-hydrogen) atoms. The molecule has 1 heterocycles. The van der Waals surface area contributed by atoms with Crippen molar-refractivity contribution in [3.8, 4) is 0 Å². The molecule has 0 unspecified atom stereocenters. The van der Waals surface area contributed by atoms with Crippen LogP contribution in [0.1, 0.15) is 46.5 Å². The first-order valence-electron chi connectivity index (χ1n) is 7.08. The Hall–Kier alpha value is -0.880. The van der Waals surface area contributed by atoms with Gasteiger partial charge in [0.05, 0.1) is 6.20 Å². The minimum Gasteiger partial charge on any atom is -0.272 e. The first-order chi connectivity index (χ1) is 9.06. The second-order valence-corrected chi connectivity index (χ2v) is 6.58. The Labute approximate surface area is 116 Å². The van der Waals surface area contributed by atoms with Gasteiger partial charge in [-0.05, 0) is 19.8 Å². The molecule has 0 aliphatic heterocycles. The number of sulfonamides is 1. The lowest BCUT2D eigenvalue weighted by Crippen LogP contribution is -2.32. The smallest absolute Gasteiger partial charge is 0.246 e. The third kappa shape index (κ3) is 4.31. The van der Waals surface area contributed by atoms with Crippen LogP contribution in [0.15, 0.2) is 17.3 Å². The topological polar surface area (TPSA) is 55.2 Å². The zero-order valence-corrected chi connectivity index (χ0v) is 13.0. The van der Waals surface area contributed by atoms with Crippen LogP contribution in [0.25, 0.3) is 0 Å². The molecule has 1 aromatic rings. The highest BCUT2D eigenvalue weighted by Gasteiger charge is 2.24. The van der Waals surface area contributed by atoms with Crippen LogP contribution in [-0.2, 0) is 16.6 Å². The highest BCUT2D eigenvalue weighted by atomic mass is 32.2. The summed E-state index contributed by atoms with van der Waals surface area (Å²) in [7, 11) is -3.38. The molecule has 0 saturated carbocycles. The van der Waals surface area contributed by atoms with E-state index >= 15 is 0 Å². The minimum absolute atomic E-state index is 0.307. The van der Waals surface area contributed by atoms with Crippen LogP contribution in [0.5, 0.6) is 0 Å². The molecular weight excluding hydrogens is 262 g/mol. The van der Waals surface area contributed by atoms with E-state index in [4.69, 9.17) is 0 Å². The monoisotopic (exact) mass is 287 g/mol. The lowest BCUT2D eigenvalue weighted by Gasteiger charge is -2.20. The Morgan fingerprint density at radius 1 is 1.16 bits per heavy atom. The van der Waals surface area contributed by atoms with Crippen LogP contribution >= 0.6 is 0 Å². The molecule has 0 saturated heterocycles. The van der Waals surface area contributed by atoms with E-state index in [-0.39, 0.29) is 0 Å². The summed E-state index contributed by atoms with van der Waals surface area (Å²) < 4.78 is 28.3. The van der Waals surface area contributed by atoms with Gasteiger partial charge in [-0.3, -0.25) is 4.68 Å². The van der Waals surface area contributed by atoms with Crippen molar-refractivity contribution in [2.75, 3.05) is 13.1 Å². The Balaban J connectivity index is 2.90. The summed E-state index contributed by atoms with van der Waals surface area (Å²) in [6.45, 7) is 7.94. The molecule has 0 bridgehead atoms. The maximum absolute atomic E-state index is 12.5. The van der Waals surface area contributed by atoms with Gasteiger partial charge in [0.15, 0.2) is 0 Å². The summed E-state index contributed by atoms with van der Waals surface area (Å²) in [6.07, 6.45) is 6.83. The molecule has 0 aromatic carbocycles. The van der Waals surface area contributed by atoms with Gasteiger partial charge in [-0.25, -0.2) is 8.42 Å². The Morgan fingerprint density at radius 3 is 2.16 bits per heavy atom. The van der Waals surface area contributed by atoms with E-state index in [0.29, 0.717) is 24.5 Å². The molecule has 5 nitrogen and oxygen atoms in total. The van der Waals surface area contributed by atoms with Gasteiger partial charge in [-0.1, -0.05) is 26.7 Å². The van der Waals surface area contributed by atoms with Crippen molar-refractivity contribution >= 4 is 10.0 Å². The molecular formula is C13H25N3O2S. The molecule has 6 heteroatoms. The highest BCUT2D eigenvalue weighted by molar-refractivity contribution is 7.89. The fraction of sp³-hybridized carbons (Fsp3) is 0.769. The van der Waals surface area contributed by atoms with E-state index in [1.54, 1.807) is 15.2 Å². The number of hydrogen-bond acceptors (Lipinski definition) is 3. The van der Waals surface area contributed by atoms with Gasteiger partial charge in [0.1, 0.15) is 4.90 Å². The van der Waals surface area contributed by atoms with E-state index in [0.717, 1.165) is 25.7 Å². The largest absolute Gasteiger partial charge is 0.272 e. The lowest BCUT2D eigenvalue weighted by atomic mass is 10.3. The van der Waals surface area contributed by atoms with Gasteiger partial charge in [0.2, 0.25) is 10.0 Å². The molecule has 1 aromatic heterocycles. The minimum atomic E-state index is -3.38. The summed E-state index contributed by atoms with van der Waals surface area (Å²) in [4.78, 5) is 0.307. The molecule has 0 radical (unpaired) electrons. The molecule has 1 rings (SSSR count). The summed E-state index contributed by atoms with van der Waals surface area (Å²) in [5.74, 6) is 0. The zero-order valence-electron chi connectivity index (χ0n) is 12.2.